The molecular formula is C12H19NO2. The summed E-state index contributed by atoms with van der Waals surface area (Å²) < 4.78 is 5.23. The zero-order valence-electron chi connectivity index (χ0n) is 9.62. The van der Waals surface area contributed by atoms with Gasteiger partial charge in [-0.05, 0) is 24.5 Å². The lowest BCUT2D eigenvalue weighted by Crippen LogP contribution is -2.12. The zero-order chi connectivity index (χ0) is 11.1. The van der Waals surface area contributed by atoms with Gasteiger partial charge in [-0.1, -0.05) is 24.3 Å². The highest BCUT2D eigenvalue weighted by molar-refractivity contribution is 5.23. The van der Waals surface area contributed by atoms with Crippen molar-refractivity contribution in [1.29, 1.82) is 0 Å². The van der Waals surface area contributed by atoms with E-state index in [9.17, 15) is 0 Å². The molecule has 0 heterocycles. The molecule has 0 radical (unpaired) electrons. The third-order valence-electron chi connectivity index (χ3n) is 2.34. The van der Waals surface area contributed by atoms with Crippen molar-refractivity contribution in [3.05, 3.63) is 35.4 Å². The summed E-state index contributed by atoms with van der Waals surface area (Å²) in [7, 11) is 3.36. The molecule has 0 spiro atoms. The molecule has 0 fully saturated rings. The largest absolute Gasteiger partial charge is 0.381 e. The summed E-state index contributed by atoms with van der Waals surface area (Å²) in [6, 6.07) is 8.42. The summed E-state index contributed by atoms with van der Waals surface area (Å²) in [6.45, 7) is 2.80. The van der Waals surface area contributed by atoms with Gasteiger partial charge in [-0.15, -0.1) is 0 Å². The molecule has 1 N–H and O–H groups in total. The second-order valence-corrected chi connectivity index (χ2v) is 3.60. The van der Waals surface area contributed by atoms with E-state index in [1.807, 2.05) is 0 Å². The van der Waals surface area contributed by atoms with Crippen LogP contribution in [0.2, 0.25) is 0 Å². The Kier molecular flexibility index (Phi) is 5.32. The lowest BCUT2D eigenvalue weighted by Gasteiger charge is -2.10. The third-order valence-corrected chi connectivity index (χ3v) is 2.34. The van der Waals surface area contributed by atoms with E-state index in [1.165, 1.54) is 11.1 Å². The molecule has 1 aromatic rings. The van der Waals surface area contributed by atoms with Crippen molar-refractivity contribution in [1.82, 2.24) is 5.48 Å². The second-order valence-electron chi connectivity index (χ2n) is 3.60. The van der Waals surface area contributed by atoms with Crippen molar-refractivity contribution in [2.45, 2.75) is 26.0 Å². The number of nitrogens with one attached hydrogen (secondary N) is 1. The minimum atomic E-state index is 0.260. The molecule has 0 bridgehead atoms. The van der Waals surface area contributed by atoms with Gasteiger partial charge in [0.05, 0.1) is 13.2 Å². The van der Waals surface area contributed by atoms with Gasteiger partial charge in [0.1, 0.15) is 0 Å². The third kappa shape index (κ3) is 4.42. The van der Waals surface area contributed by atoms with Crippen LogP contribution in [0.1, 0.15) is 18.1 Å². The number of hydroxylamine groups is 1. The number of benzene rings is 1. The lowest BCUT2D eigenvalue weighted by atomic mass is 10.1. The Morgan fingerprint density at radius 2 is 2.00 bits per heavy atom. The summed E-state index contributed by atoms with van der Waals surface area (Å²) in [5, 5.41) is 0. The van der Waals surface area contributed by atoms with E-state index in [2.05, 4.69) is 36.7 Å². The van der Waals surface area contributed by atoms with E-state index in [-0.39, 0.29) is 6.10 Å². The molecular weight excluding hydrogens is 190 g/mol. The Hall–Kier alpha value is -0.900. The molecule has 1 rings (SSSR count). The maximum Gasteiger partial charge on any atom is 0.0583 e. The van der Waals surface area contributed by atoms with Gasteiger partial charge in [-0.25, -0.2) is 0 Å². The van der Waals surface area contributed by atoms with Gasteiger partial charge in [-0.2, -0.15) is 5.48 Å². The molecule has 1 unspecified atom stereocenters. The first-order valence-electron chi connectivity index (χ1n) is 5.12. The number of ether oxygens (including phenoxy) is 1. The van der Waals surface area contributed by atoms with Crippen LogP contribution in [-0.4, -0.2) is 20.3 Å². The maximum atomic E-state index is 5.23. The minimum Gasteiger partial charge on any atom is -0.381 e. The Morgan fingerprint density at radius 3 is 2.67 bits per heavy atom. The summed E-state index contributed by atoms with van der Waals surface area (Å²) in [5.41, 5.74) is 5.34. The Labute approximate surface area is 91.4 Å². The smallest absolute Gasteiger partial charge is 0.0583 e. The van der Waals surface area contributed by atoms with Gasteiger partial charge in [0, 0.05) is 13.7 Å². The average molecular weight is 209 g/mol. The topological polar surface area (TPSA) is 30.5 Å². The molecule has 0 aliphatic carbocycles. The number of rotatable bonds is 6. The first-order valence-corrected chi connectivity index (χ1v) is 5.12. The van der Waals surface area contributed by atoms with E-state index in [1.54, 1.807) is 14.2 Å². The molecule has 3 heteroatoms. The van der Waals surface area contributed by atoms with Crippen molar-refractivity contribution in [3.8, 4) is 0 Å². The van der Waals surface area contributed by atoms with Gasteiger partial charge in [0.25, 0.3) is 0 Å². The molecule has 0 aromatic heterocycles. The lowest BCUT2D eigenvalue weighted by molar-refractivity contribution is 0.0866. The van der Waals surface area contributed by atoms with Gasteiger partial charge < -0.3 is 9.57 Å². The van der Waals surface area contributed by atoms with Gasteiger partial charge >= 0.3 is 0 Å². The van der Waals surface area contributed by atoms with Crippen LogP contribution in [0.3, 0.4) is 0 Å². The van der Waals surface area contributed by atoms with Crippen molar-refractivity contribution in [2.75, 3.05) is 14.2 Å². The molecule has 84 valence electrons. The van der Waals surface area contributed by atoms with E-state index in [4.69, 9.17) is 9.57 Å². The Morgan fingerprint density at radius 1 is 1.27 bits per heavy atom. The van der Waals surface area contributed by atoms with E-state index in [0.29, 0.717) is 0 Å². The monoisotopic (exact) mass is 209 g/mol. The van der Waals surface area contributed by atoms with Gasteiger partial charge in [0.2, 0.25) is 0 Å². The number of hydrogen-bond donors (Lipinski definition) is 1. The summed E-state index contributed by atoms with van der Waals surface area (Å²) in [5.74, 6) is 0. The predicted octanol–water partition coefficient (Wildman–Crippen LogP) is 1.91. The van der Waals surface area contributed by atoms with Crippen LogP contribution in [-0.2, 0) is 22.5 Å². The number of hydrogen-bond acceptors (Lipinski definition) is 3. The van der Waals surface area contributed by atoms with Crippen molar-refractivity contribution >= 4 is 0 Å². The quantitative estimate of drug-likeness (QED) is 0.726. The van der Waals surface area contributed by atoms with E-state index in [0.717, 1.165) is 13.0 Å². The summed E-state index contributed by atoms with van der Waals surface area (Å²) in [4.78, 5) is 4.81. The Balaban J connectivity index is 2.57. The minimum absolute atomic E-state index is 0.260. The van der Waals surface area contributed by atoms with Crippen molar-refractivity contribution < 1.29 is 9.57 Å². The first kappa shape index (κ1) is 12.2. The molecule has 15 heavy (non-hydrogen) atoms. The van der Waals surface area contributed by atoms with E-state index >= 15 is 0 Å². The summed E-state index contributed by atoms with van der Waals surface area (Å²) in [6.07, 6.45) is 1.20. The molecule has 0 saturated carbocycles. The van der Waals surface area contributed by atoms with Crippen LogP contribution in [0.15, 0.2) is 24.3 Å². The molecule has 1 atom stereocenters. The normalized spacial score (nSPS) is 12.7. The SMILES string of the molecule is CONCc1cccc(CC(C)OC)c1. The highest BCUT2D eigenvalue weighted by Gasteiger charge is 2.02. The van der Waals surface area contributed by atoms with Gasteiger partial charge in [-0.3, -0.25) is 0 Å². The van der Waals surface area contributed by atoms with Crippen LogP contribution >= 0.6 is 0 Å². The summed E-state index contributed by atoms with van der Waals surface area (Å²) >= 11 is 0. The molecule has 1 aromatic carbocycles. The van der Waals surface area contributed by atoms with Crippen LogP contribution in [0.4, 0.5) is 0 Å². The second kappa shape index (κ2) is 6.56. The van der Waals surface area contributed by atoms with Crippen LogP contribution in [0, 0.1) is 0 Å². The first-order chi connectivity index (χ1) is 7.26. The predicted molar refractivity (Wildman–Crippen MR) is 60.5 cm³/mol. The standard InChI is InChI=1S/C12H19NO2/c1-10(14-2)7-11-5-4-6-12(8-11)9-13-15-3/h4-6,8,10,13H,7,9H2,1-3H3. The number of methoxy groups -OCH3 is 1. The highest BCUT2D eigenvalue weighted by atomic mass is 16.6. The van der Waals surface area contributed by atoms with Gasteiger partial charge in [0.15, 0.2) is 0 Å². The van der Waals surface area contributed by atoms with Crippen LogP contribution in [0.5, 0.6) is 0 Å². The Bertz CT molecular complexity index is 289. The van der Waals surface area contributed by atoms with Crippen molar-refractivity contribution in [3.63, 3.8) is 0 Å². The average Bonchev–Trinajstić information content (AvgIpc) is 2.26. The molecule has 0 aliphatic rings. The fourth-order valence-electron chi connectivity index (χ4n) is 1.44. The van der Waals surface area contributed by atoms with E-state index < -0.39 is 0 Å². The molecule has 3 nitrogen and oxygen atoms in total. The fourth-order valence-corrected chi connectivity index (χ4v) is 1.44. The maximum absolute atomic E-state index is 5.23. The van der Waals surface area contributed by atoms with Crippen LogP contribution in [0.25, 0.3) is 0 Å². The fraction of sp³-hybridized carbons (Fsp3) is 0.500. The molecule has 0 saturated heterocycles. The molecule has 0 amide bonds. The highest BCUT2D eigenvalue weighted by Crippen LogP contribution is 2.08. The van der Waals surface area contributed by atoms with Crippen LogP contribution < -0.4 is 5.48 Å². The zero-order valence-corrected chi connectivity index (χ0v) is 9.62. The molecule has 0 aliphatic heterocycles. The van der Waals surface area contributed by atoms with Crippen molar-refractivity contribution in [2.24, 2.45) is 0 Å².